The molecule has 0 aliphatic carbocycles. The molecule has 0 spiro atoms. The minimum absolute atomic E-state index is 0.00687. The fourth-order valence-corrected chi connectivity index (χ4v) is 3.87. The lowest BCUT2D eigenvalue weighted by molar-refractivity contribution is 0.0127. The number of nitrogens with two attached hydrogens (primary N) is 1. The summed E-state index contributed by atoms with van der Waals surface area (Å²) in [6, 6.07) is 4.95. The average Bonchev–Trinajstić information content (AvgIpc) is 3.47. The van der Waals surface area contributed by atoms with Crippen LogP contribution in [-0.4, -0.2) is 57.4 Å². The molecule has 0 fully saturated rings. The Hall–Kier alpha value is -4.08. The third-order valence-corrected chi connectivity index (χ3v) is 5.68. The van der Waals surface area contributed by atoms with Crippen molar-refractivity contribution in [2.24, 2.45) is 12.8 Å². The number of imidazole rings is 1. The SMILES string of the molecule is C#CCn1cc(-c2cnc(C(=O)Nc3ccc(C(=O)NCCOCCN)c(CC)c3)n2C)c(C(C)(F)F)n1. The van der Waals surface area contributed by atoms with E-state index < -0.39 is 17.5 Å². The van der Waals surface area contributed by atoms with E-state index in [0.29, 0.717) is 44.0 Å². The summed E-state index contributed by atoms with van der Waals surface area (Å²) in [5, 5.41) is 9.47. The first-order valence-corrected chi connectivity index (χ1v) is 12.0. The predicted molar refractivity (Wildman–Crippen MR) is 139 cm³/mol. The Morgan fingerprint density at radius 3 is 2.68 bits per heavy atom. The highest BCUT2D eigenvalue weighted by Crippen LogP contribution is 2.34. The summed E-state index contributed by atoms with van der Waals surface area (Å²) < 4.78 is 36.4. The Labute approximate surface area is 219 Å². The Morgan fingerprint density at radius 2 is 2.03 bits per heavy atom. The van der Waals surface area contributed by atoms with Gasteiger partial charge in [0.1, 0.15) is 12.2 Å². The molecule has 0 saturated carbocycles. The fraction of sp³-hybridized carbons (Fsp3) is 0.385. The van der Waals surface area contributed by atoms with Gasteiger partial charge in [0.25, 0.3) is 17.7 Å². The number of anilines is 1. The lowest BCUT2D eigenvalue weighted by Gasteiger charge is -2.13. The zero-order valence-corrected chi connectivity index (χ0v) is 21.6. The van der Waals surface area contributed by atoms with Gasteiger partial charge in [-0.3, -0.25) is 14.3 Å². The predicted octanol–water partition coefficient (Wildman–Crippen LogP) is 2.55. The third-order valence-electron chi connectivity index (χ3n) is 5.68. The summed E-state index contributed by atoms with van der Waals surface area (Å²) in [5.74, 6) is -1.66. The number of rotatable bonds is 12. The van der Waals surface area contributed by atoms with Crippen molar-refractivity contribution in [3.63, 3.8) is 0 Å². The molecule has 0 bridgehead atoms. The van der Waals surface area contributed by atoms with Crippen LogP contribution in [0.2, 0.25) is 0 Å². The topological polar surface area (TPSA) is 129 Å². The van der Waals surface area contributed by atoms with E-state index >= 15 is 0 Å². The van der Waals surface area contributed by atoms with E-state index in [9.17, 15) is 18.4 Å². The monoisotopic (exact) mass is 527 g/mol. The van der Waals surface area contributed by atoms with E-state index in [1.807, 2.05) is 6.92 Å². The smallest absolute Gasteiger partial charge is 0.291 e. The molecule has 0 unspecified atom stereocenters. The summed E-state index contributed by atoms with van der Waals surface area (Å²) in [5.41, 5.74) is 7.00. The number of carbonyl (C=O) groups is 2. The van der Waals surface area contributed by atoms with E-state index in [2.05, 4.69) is 26.6 Å². The maximum Gasteiger partial charge on any atom is 0.291 e. The van der Waals surface area contributed by atoms with Gasteiger partial charge in [-0.15, -0.1) is 6.42 Å². The molecule has 4 N–H and O–H groups in total. The van der Waals surface area contributed by atoms with Crippen molar-refractivity contribution >= 4 is 17.5 Å². The summed E-state index contributed by atoms with van der Waals surface area (Å²) in [7, 11) is 1.55. The van der Waals surface area contributed by atoms with Gasteiger partial charge >= 0.3 is 0 Å². The molecule has 1 aromatic carbocycles. The van der Waals surface area contributed by atoms with Crippen molar-refractivity contribution in [2.45, 2.75) is 32.7 Å². The summed E-state index contributed by atoms with van der Waals surface area (Å²) in [6.45, 7) is 4.19. The number of ether oxygens (including phenoxy) is 1. The van der Waals surface area contributed by atoms with Gasteiger partial charge in [0, 0.05) is 50.1 Å². The zero-order chi connectivity index (χ0) is 27.9. The maximum atomic E-state index is 14.2. The summed E-state index contributed by atoms with van der Waals surface area (Å²) in [6.07, 6.45) is 8.60. The molecular formula is C26H31F2N7O3. The van der Waals surface area contributed by atoms with Gasteiger partial charge < -0.3 is 25.7 Å². The number of halogens is 2. The van der Waals surface area contributed by atoms with E-state index in [-0.39, 0.29) is 29.5 Å². The van der Waals surface area contributed by atoms with Gasteiger partial charge in [-0.1, -0.05) is 12.8 Å². The van der Waals surface area contributed by atoms with Crippen LogP contribution in [0.15, 0.2) is 30.6 Å². The Kier molecular flexibility index (Phi) is 9.33. The number of carbonyl (C=O) groups excluding carboxylic acids is 2. The van der Waals surface area contributed by atoms with Gasteiger partial charge in [0.2, 0.25) is 0 Å². The van der Waals surface area contributed by atoms with Gasteiger partial charge in [0.15, 0.2) is 5.82 Å². The highest BCUT2D eigenvalue weighted by atomic mass is 19.3. The minimum Gasteiger partial charge on any atom is -0.378 e. The van der Waals surface area contributed by atoms with Crippen LogP contribution in [0.25, 0.3) is 11.3 Å². The average molecular weight is 528 g/mol. The highest BCUT2D eigenvalue weighted by Gasteiger charge is 2.33. The van der Waals surface area contributed by atoms with Crippen LogP contribution in [0.4, 0.5) is 14.5 Å². The molecule has 3 rings (SSSR count). The Morgan fingerprint density at radius 1 is 1.26 bits per heavy atom. The first-order valence-electron chi connectivity index (χ1n) is 12.0. The van der Waals surface area contributed by atoms with Gasteiger partial charge in [-0.25, -0.2) is 4.98 Å². The van der Waals surface area contributed by atoms with Crippen LogP contribution in [0.3, 0.4) is 0 Å². The second-order valence-electron chi connectivity index (χ2n) is 8.54. The lowest BCUT2D eigenvalue weighted by atomic mass is 10.0. The molecule has 0 saturated heterocycles. The van der Waals surface area contributed by atoms with Gasteiger partial charge in [-0.05, 0) is 30.2 Å². The number of nitrogens with zero attached hydrogens (tertiary/aromatic N) is 4. The number of alkyl halides is 2. The van der Waals surface area contributed by atoms with Crippen molar-refractivity contribution in [3.8, 4) is 23.6 Å². The van der Waals surface area contributed by atoms with Crippen LogP contribution in [0.5, 0.6) is 0 Å². The van der Waals surface area contributed by atoms with Crippen molar-refractivity contribution in [3.05, 3.63) is 53.2 Å². The third kappa shape index (κ3) is 6.62. The summed E-state index contributed by atoms with van der Waals surface area (Å²) in [4.78, 5) is 29.7. The standard InChI is InChI=1S/C26H31F2N7O3/c1-5-11-35-16-20(22(33-35)26(3,27)28)21-15-31-23(34(21)4)25(37)32-18-7-8-19(17(6-2)14-18)24(36)30-10-13-38-12-9-29/h1,7-8,14-16H,6,9-13,29H2,2-4H3,(H,30,36)(H,32,37). The molecule has 0 aliphatic heterocycles. The summed E-state index contributed by atoms with van der Waals surface area (Å²) >= 11 is 0. The molecule has 202 valence electrons. The number of nitrogens with one attached hydrogen (secondary N) is 2. The number of hydrogen-bond acceptors (Lipinski definition) is 6. The van der Waals surface area contributed by atoms with Crippen molar-refractivity contribution in [1.82, 2.24) is 24.6 Å². The van der Waals surface area contributed by atoms with Crippen molar-refractivity contribution in [1.29, 1.82) is 0 Å². The molecule has 0 atom stereocenters. The molecule has 2 aromatic heterocycles. The van der Waals surface area contributed by atoms with E-state index in [0.717, 1.165) is 12.5 Å². The second kappa shape index (κ2) is 12.4. The van der Waals surface area contributed by atoms with Crippen molar-refractivity contribution < 1.29 is 23.1 Å². The van der Waals surface area contributed by atoms with Gasteiger partial charge in [-0.2, -0.15) is 13.9 Å². The number of aryl methyl sites for hydroxylation is 1. The number of hydrogen-bond donors (Lipinski definition) is 3. The van der Waals surface area contributed by atoms with Gasteiger partial charge in [0.05, 0.1) is 25.1 Å². The quantitative estimate of drug-likeness (QED) is 0.245. The normalized spacial score (nSPS) is 11.3. The van der Waals surface area contributed by atoms with E-state index in [1.54, 1.807) is 25.2 Å². The largest absolute Gasteiger partial charge is 0.378 e. The first-order chi connectivity index (χ1) is 18.1. The molecule has 10 nitrogen and oxygen atoms in total. The van der Waals surface area contributed by atoms with E-state index in [4.69, 9.17) is 16.9 Å². The maximum absolute atomic E-state index is 14.2. The van der Waals surface area contributed by atoms with Crippen LogP contribution >= 0.6 is 0 Å². The number of aromatic nitrogens is 4. The molecule has 12 heteroatoms. The molecule has 2 heterocycles. The molecule has 38 heavy (non-hydrogen) atoms. The fourth-order valence-electron chi connectivity index (χ4n) is 3.87. The number of amides is 2. The van der Waals surface area contributed by atoms with E-state index in [1.165, 1.54) is 21.6 Å². The molecule has 3 aromatic rings. The van der Waals surface area contributed by atoms with Crippen LogP contribution < -0.4 is 16.4 Å². The molecule has 0 radical (unpaired) electrons. The Bertz CT molecular complexity index is 1340. The second-order valence-corrected chi connectivity index (χ2v) is 8.54. The van der Waals surface area contributed by atoms with Crippen LogP contribution in [-0.2, 0) is 30.7 Å². The first kappa shape index (κ1) is 28.5. The molecular weight excluding hydrogens is 496 g/mol. The zero-order valence-electron chi connectivity index (χ0n) is 21.6. The highest BCUT2D eigenvalue weighted by molar-refractivity contribution is 6.03. The number of benzene rings is 1. The number of terminal acetylenes is 1. The van der Waals surface area contributed by atoms with Crippen LogP contribution in [0.1, 0.15) is 46.1 Å². The molecule has 0 aliphatic rings. The lowest BCUT2D eigenvalue weighted by Crippen LogP contribution is -2.28. The van der Waals surface area contributed by atoms with Crippen LogP contribution in [0, 0.1) is 12.3 Å². The molecule has 2 amide bonds. The Balaban J connectivity index is 1.78. The van der Waals surface area contributed by atoms with Crippen molar-refractivity contribution in [2.75, 3.05) is 31.6 Å². The minimum atomic E-state index is -3.23.